The Balaban J connectivity index is 1.87. The Bertz CT molecular complexity index is 683. The number of carbonyl (C=O) groups excluding carboxylic acids is 2. The summed E-state index contributed by atoms with van der Waals surface area (Å²) < 4.78 is 10.9. The van der Waals surface area contributed by atoms with Gasteiger partial charge >= 0.3 is 0 Å². The molecule has 2 aliphatic rings. The van der Waals surface area contributed by atoms with Crippen molar-refractivity contribution >= 4 is 11.8 Å². The van der Waals surface area contributed by atoms with Gasteiger partial charge in [0, 0.05) is 5.92 Å². The lowest BCUT2D eigenvalue weighted by Crippen LogP contribution is -2.46. The zero-order valence-corrected chi connectivity index (χ0v) is 14.6. The Labute approximate surface area is 146 Å². The largest absolute Gasteiger partial charge is 0.483 e. The third kappa shape index (κ3) is 3.67. The van der Waals surface area contributed by atoms with Gasteiger partial charge in [0.25, 0.3) is 11.8 Å². The predicted octanol–water partition coefficient (Wildman–Crippen LogP) is 1.28. The summed E-state index contributed by atoms with van der Waals surface area (Å²) in [6.45, 7) is 4.22. The smallest absolute Gasteiger partial charge is 0.271 e. The van der Waals surface area contributed by atoms with Gasteiger partial charge in [0.05, 0.1) is 5.54 Å². The van der Waals surface area contributed by atoms with Crippen molar-refractivity contribution in [2.45, 2.75) is 51.5 Å². The van der Waals surface area contributed by atoms with Gasteiger partial charge < -0.3 is 20.5 Å². The van der Waals surface area contributed by atoms with Gasteiger partial charge in [-0.2, -0.15) is 4.98 Å². The Kier molecular flexibility index (Phi) is 4.78. The molecule has 136 valence electrons. The van der Waals surface area contributed by atoms with E-state index in [0.29, 0.717) is 13.2 Å². The summed E-state index contributed by atoms with van der Waals surface area (Å²) in [4.78, 5) is 32.9. The molecular formula is C17H24N4O4. The number of rotatable bonds is 4. The number of ether oxygens (including phenoxy) is 2. The van der Waals surface area contributed by atoms with Crippen molar-refractivity contribution in [3.63, 3.8) is 0 Å². The van der Waals surface area contributed by atoms with Crippen molar-refractivity contribution in [3.8, 4) is 11.6 Å². The van der Waals surface area contributed by atoms with E-state index in [1.54, 1.807) is 13.8 Å². The lowest BCUT2D eigenvalue weighted by atomic mass is 9.88. The third-order valence-electron chi connectivity index (χ3n) is 4.61. The van der Waals surface area contributed by atoms with E-state index >= 15 is 0 Å². The molecule has 8 heteroatoms. The minimum absolute atomic E-state index is 0.0104. The highest BCUT2D eigenvalue weighted by molar-refractivity contribution is 5.94. The van der Waals surface area contributed by atoms with Crippen LogP contribution in [-0.2, 0) is 10.3 Å². The summed E-state index contributed by atoms with van der Waals surface area (Å²) in [6, 6.07) is 0. The Morgan fingerprint density at radius 3 is 2.48 bits per heavy atom. The maximum Gasteiger partial charge on any atom is 0.271 e. The van der Waals surface area contributed by atoms with Crippen molar-refractivity contribution in [2.24, 2.45) is 11.7 Å². The highest BCUT2D eigenvalue weighted by atomic mass is 16.6. The van der Waals surface area contributed by atoms with Crippen molar-refractivity contribution in [1.82, 2.24) is 15.3 Å². The first-order valence-electron chi connectivity index (χ1n) is 8.68. The molecule has 2 heterocycles. The Hall–Kier alpha value is -2.38. The summed E-state index contributed by atoms with van der Waals surface area (Å²) in [5, 5.41) is 3.00. The number of primary amides is 1. The summed E-state index contributed by atoms with van der Waals surface area (Å²) in [6.07, 6.45) is 5.13. The first kappa shape index (κ1) is 17.4. The fraction of sp³-hybridized carbons (Fsp3) is 0.647. The van der Waals surface area contributed by atoms with Crippen LogP contribution in [0.1, 0.15) is 62.3 Å². The molecule has 0 bridgehead atoms. The van der Waals surface area contributed by atoms with Gasteiger partial charge in [-0.05, 0) is 26.7 Å². The molecule has 1 fully saturated rings. The fourth-order valence-electron chi connectivity index (χ4n) is 3.22. The molecule has 0 atom stereocenters. The number of hydrogen-bond donors (Lipinski definition) is 2. The van der Waals surface area contributed by atoms with Crippen LogP contribution in [0.25, 0.3) is 0 Å². The van der Waals surface area contributed by atoms with Gasteiger partial charge in [-0.25, -0.2) is 4.98 Å². The molecule has 0 radical (unpaired) electrons. The normalized spacial score (nSPS) is 17.8. The quantitative estimate of drug-likeness (QED) is 0.846. The van der Waals surface area contributed by atoms with Crippen LogP contribution in [0.4, 0.5) is 0 Å². The number of amides is 2. The fourth-order valence-corrected chi connectivity index (χ4v) is 3.22. The second-order valence-corrected chi connectivity index (χ2v) is 7.04. The van der Waals surface area contributed by atoms with Crippen LogP contribution in [0.15, 0.2) is 0 Å². The second kappa shape index (κ2) is 6.85. The minimum atomic E-state index is -0.867. The zero-order valence-electron chi connectivity index (χ0n) is 14.6. The van der Waals surface area contributed by atoms with Gasteiger partial charge in [-0.1, -0.05) is 19.3 Å². The summed E-state index contributed by atoms with van der Waals surface area (Å²) >= 11 is 0. The third-order valence-corrected chi connectivity index (χ3v) is 4.61. The molecule has 0 unspecified atom stereocenters. The topological polar surface area (TPSA) is 116 Å². The lowest BCUT2D eigenvalue weighted by molar-refractivity contribution is -0.127. The maximum atomic E-state index is 12.6. The first-order valence-corrected chi connectivity index (χ1v) is 8.68. The number of nitrogens with zero attached hydrogens (tertiary/aromatic N) is 2. The summed E-state index contributed by atoms with van der Waals surface area (Å²) in [5.41, 5.74) is 4.52. The highest BCUT2D eigenvalue weighted by Gasteiger charge is 2.34. The molecule has 25 heavy (non-hydrogen) atoms. The zero-order chi connectivity index (χ0) is 18.0. The number of nitrogens with two attached hydrogens (primary N) is 1. The van der Waals surface area contributed by atoms with Crippen molar-refractivity contribution in [1.29, 1.82) is 0 Å². The summed E-state index contributed by atoms with van der Waals surface area (Å²) in [5.74, 6) is -0.0962. The molecule has 8 nitrogen and oxygen atoms in total. The molecule has 1 aliphatic carbocycles. The minimum Gasteiger partial charge on any atom is -0.483 e. The van der Waals surface area contributed by atoms with Crippen LogP contribution in [0.2, 0.25) is 0 Å². The average Bonchev–Trinajstić information content (AvgIpc) is 2.61. The van der Waals surface area contributed by atoms with E-state index in [4.69, 9.17) is 15.2 Å². The van der Waals surface area contributed by atoms with E-state index in [9.17, 15) is 9.59 Å². The molecule has 2 amide bonds. The van der Waals surface area contributed by atoms with E-state index in [1.165, 1.54) is 6.42 Å². The molecule has 1 aliphatic heterocycles. The van der Waals surface area contributed by atoms with Crippen LogP contribution in [0.5, 0.6) is 11.6 Å². The Morgan fingerprint density at radius 2 is 1.80 bits per heavy atom. The highest BCUT2D eigenvalue weighted by Crippen LogP contribution is 2.33. The molecule has 0 aromatic carbocycles. The van der Waals surface area contributed by atoms with Crippen LogP contribution in [0, 0.1) is 5.92 Å². The van der Waals surface area contributed by atoms with Gasteiger partial charge in [0.1, 0.15) is 13.2 Å². The molecule has 1 saturated carbocycles. The molecular weight excluding hydrogens is 324 g/mol. The van der Waals surface area contributed by atoms with Crippen molar-refractivity contribution < 1.29 is 19.1 Å². The SMILES string of the molecule is CC(C)(NC(=O)C1CCCCC1)c1nc2c(c(C(N)=O)n1)OCCO2. The van der Waals surface area contributed by atoms with E-state index in [0.717, 1.165) is 25.7 Å². The van der Waals surface area contributed by atoms with Gasteiger partial charge in [-0.15, -0.1) is 0 Å². The van der Waals surface area contributed by atoms with Crippen molar-refractivity contribution in [2.75, 3.05) is 13.2 Å². The van der Waals surface area contributed by atoms with E-state index in [2.05, 4.69) is 15.3 Å². The number of aromatic nitrogens is 2. The second-order valence-electron chi connectivity index (χ2n) is 7.04. The van der Waals surface area contributed by atoms with E-state index in [1.807, 2.05) is 0 Å². The van der Waals surface area contributed by atoms with E-state index < -0.39 is 11.4 Å². The molecule has 1 aromatic heterocycles. The monoisotopic (exact) mass is 348 g/mol. The van der Waals surface area contributed by atoms with Crippen LogP contribution in [0.3, 0.4) is 0 Å². The van der Waals surface area contributed by atoms with Crippen LogP contribution >= 0.6 is 0 Å². The first-order chi connectivity index (χ1) is 11.9. The molecule has 1 aromatic rings. The van der Waals surface area contributed by atoms with Crippen LogP contribution < -0.4 is 20.5 Å². The van der Waals surface area contributed by atoms with Gasteiger partial charge in [-0.3, -0.25) is 9.59 Å². The average molecular weight is 348 g/mol. The maximum absolute atomic E-state index is 12.6. The Morgan fingerprint density at radius 1 is 1.12 bits per heavy atom. The summed E-state index contributed by atoms with van der Waals surface area (Å²) in [7, 11) is 0. The number of hydrogen-bond acceptors (Lipinski definition) is 6. The van der Waals surface area contributed by atoms with Gasteiger partial charge in [0.2, 0.25) is 11.7 Å². The molecule has 3 rings (SSSR count). The van der Waals surface area contributed by atoms with Crippen LogP contribution in [-0.4, -0.2) is 35.0 Å². The number of fused-ring (bicyclic) bond motifs is 1. The lowest BCUT2D eigenvalue weighted by Gasteiger charge is -2.30. The molecule has 0 saturated heterocycles. The van der Waals surface area contributed by atoms with Gasteiger partial charge in [0.15, 0.2) is 11.5 Å². The van der Waals surface area contributed by atoms with Crippen molar-refractivity contribution in [3.05, 3.63) is 11.5 Å². The molecule has 0 spiro atoms. The number of nitrogens with one attached hydrogen (secondary N) is 1. The van der Waals surface area contributed by atoms with E-state index in [-0.39, 0.29) is 35.0 Å². The number of carbonyl (C=O) groups is 2. The molecule has 3 N–H and O–H groups in total. The predicted molar refractivity (Wildman–Crippen MR) is 89.3 cm³/mol. The standard InChI is InChI=1S/C17H24N4O4/c1-17(2,21-14(23)10-6-4-3-5-7-10)16-19-11(13(18)22)12-15(20-16)25-9-8-24-12/h10H,3-9H2,1-2H3,(H2,18,22)(H,21,23).